The smallest absolute Gasteiger partial charge is 0.377 e. The molecule has 0 heterocycles. The van der Waals surface area contributed by atoms with Crippen molar-refractivity contribution >= 4 is 27.7 Å². The summed E-state index contributed by atoms with van der Waals surface area (Å²) < 4.78 is 5.64. The minimum absolute atomic E-state index is 0.0527. The third kappa shape index (κ3) is 2.36. The molecule has 5 heteroatoms. The summed E-state index contributed by atoms with van der Waals surface area (Å²) in [5.41, 5.74) is 0.758. The Kier molecular flexibility index (Phi) is 3.47. The predicted molar refractivity (Wildman–Crippen MR) is 57.4 cm³/mol. The Hall–Kier alpha value is -1.36. The number of carbonyl (C=O) groups excluding carboxylic acids is 1. The van der Waals surface area contributed by atoms with Gasteiger partial charge in [0.2, 0.25) is 0 Å². The number of ether oxygens (including phenoxy) is 1. The molecule has 0 fully saturated rings. The average Bonchev–Trinajstić information content (AvgIpc) is 2.15. The van der Waals surface area contributed by atoms with Crippen LogP contribution in [-0.4, -0.2) is 24.0 Å². The molecule has 0 saturated carbocycles. The summed E-state index contributed by atoms with van der Waals surface area (Å²) >= 11 is 3.19. The molecule has 0 saturated heterocycles. The molecule has 4 nitrogen and oxygen atoms in total. The molecule has 0 atom stereocenters. The maximum atomic E-state index is 11.3. The summed E-state index contributed by atoms with van der Waals surface area (Å²) in [6, 6.07) is 3.18. The number of carboxylic acids is 1. The van der Waals surface area contributed by atoms with Gasteiger partial charge in [-0.3, -0.25) is 4.79 Å². The van der Waals surface area contributed by atoms with E-state index < -0.39 is 11.8 Å². The van der Waals surface area contributed by atoms with Gasteiger partial charge in [-0.25, -0.2) is 4.79 Å². The van der Waals surface area contributed by atoms with E-state index >= 15 is 0 Å². The maximum Gasteiger partial charge on any atom is 0.377 e. The standard InChI is InChI=1S/C10H9BrO4/c1-5-3-6(11)4-7(9(5)15-2)8(12)10(13)14/h3-4H,1-2H3,(H,13,14). The van der Waals surface area contributed by atoms with Gasteiger partial charge < -0.3 is 9.84 Å². The quantitative estimate of drug-likeness (QED) is 0.676. The minimum atomic E-state index is -1.49. The van der Waals surface area contributed by atoms with Crippen LogP contribution in [0.1, 0.15) is 15.9 Å². The molecule has 1 aromatic rings. The van der Waals surface area contributed by atoms with Gasteiger partial charge in [-0.15, -0.1) is 0 Å². The lowest BCUT2D eigenvalue weighted by atomic mass is 10.1. The normalized spacial score (nSPS) is 9.80. The van der Waals surface area contributed by atoms with Gasteiger partial charge in [0.25, 0.3) is 5.78 Å². The molecule has 15 heavy (non-hydrogen) atoms. The number of methoxy groups -OCH3 is 1. The van der Waals surface area contributed by atoms with Crippen molar-refractivity contribution in [1.29, 1.82) is 0 Å². The van der Waals surface area contributed by atoms with Crippen LogP contribution in [0.15, 0.2) is 16.6 Å². The van der Waals surface area contributed by atoms with E-state index in [1.165, 1.54) is 13.2 Å². The molecule has 1 aromatic carbocycles. The van der Waals surface area contributed by atoms with Crippen molar-refractivity contribution < 1.29 is 19.4 Å². The SMILES string of the molecule is COc1c(C)cc(Br)cc1C(=O)C(=O)O. The summed E-state index contributed by atoms with van der Waals surface area (Å²) in [5, 5.41) is 8.62. The van der Waals surface area contributed by atoms with Gasteiger partial charge >= 0.3 is 5.97 Å². The Bertz CT molecular complexity index is 426. The lowest BCUT2D eigenvalue weighted by molar-refractivity contribution is -0.131. The largest absolute Gasteiger partial charge is 0.496 e. The highest BCUT2D eigenvalue weighted by atomic mass is 79.9. The lowest BCUT2D eigenvalue weighted by Crippen LogP contribution is -2.14. The van der Waals surface area contributed by atoms with E-state index in [1.807, 2.05) is 0 Å². The Morgan fingerprint density at radius 1 is 1.40 bits per heavy atom. The van der Waals surface area contributed by atoms with Crippen LogP contribution in [0.3, 0.4) is 0 Å². The first kappa shape index (κ1) is 11.7. The van der Waals surface area contributed by atoms with Crippen molar-refractivity contribution in [3.05, 3.63) is 27.7 Å². The van der Waals surface area contributed by atoms with Crippen molar-refractivity contribution in [2.75, 3.05) is 7.11 Å². The van der Waals surface area contributed by atoms with Crippen LogP contribution in [-0.2, 0) is 4.79 Å². The number of aryl methyl sites for hydroxylation is 1. The van der Waals surface area contributed by atoms with E-state index in [9.17, 15) is 9.59 Å². The first-order valence-electron chi connectivity index (χ1n) is 4.09. The van der Waals surface area contributed by atoms with Crippen LogP contribution < -0.4 is 4.74 Å². The van der Waals surface area contributed by atoms with Crippen LogP contribution in [0.2, 0.25) is 0 Å². The summed E-state index contributed by atoms with van der Waals surface area (Å²) in [6.45, 7) is 1.74. The summed E-state index contributed by atoms with van der Waals surface area (Å²) in [5.74, 6) is -2.17. The maximum absolute atomic E-state index is 11.3. The third-order valence-corrected chi connectivity index (χ3v) is 2.34. The highest BCUT2D eigenvalue weighted by Crippen LogP contribution is 2.28. The Balaban J connectivity index is 3.38. The topological polar surface area (TPSA) is 63.6 Å². The summed E-state index contributed by atoms with van der Waals surface area (Å²) in [7, 11) is 1.40. The number of rotatable bonds is 3. The third-order valence-electron chi connectivity index (χ3n) is 1.88. The summed E-state index contributed by atoms with van der Waals surface area (Å²) in [6.07, 6.45) is 0. The Labute approximate surface area is 95.0 Å². The number of halogens is 1. The van der Waals surface area contributed by atoms with Gasteiger partial charge in [-0.1, -0.05) is 15.9 Å². The average molecular weight is 273 g/mol. The molecule has 0 aliphatic heterocycles. The molecule has 80 valence electrons. The first-order valence-corrected chi connectivity index (χ1v) is 4.88. The highest BCUT2D eigenvalue weighted by molar-refractivity contribution is 9.10. The number of benzene rings is 1. The number of carboxylic acid groups (broad SMARTS) is 1. The van der Waals surface area contributed by atoms with E-state index in [4.69, 9.17) is 9.84 Å². The van der Waals surface area contributed by atoms with Gasteiger partial charge in [-0.05, 0) is 24.6 Å². The van der Waals surface area contributed by atoms with Crippen LogP contribution in [0.4, 0.5) is 0 Å². The van der Waals surface area contributed by atoms with E-state index in [1.54, 1.807) is 13.0 Å². The molecule has 0 spiro atoms. The van der Waals surface area contributed by atoms with Crippen LogP contribution in [0.25, 0.3) is 0 Å². The zero-order chi connectivity index (χ0) is 11.6. The monoisotopic (exact) mass is 272 g/mol. The van der Waals surface area contributed by atoms with Gasteiger partial charge in [0.05, 0.1) is 12.7 Å². The molecule has 0 amide bonds. The number of aliphatic carboxylic acids is 1. The predicted octanol–water partition coefficient (Wildman–Crippen LogP) is 2.03. The van der Waals surface area contributed by atoms with E-state index in [2.05, 4.69) is 15.9 Å². The fraction of sp³-hybridized carbons (Fsp3) is 0.200. The van der Waals surface area contributed by atoms with Gasteiger partial charge in [0.1, 0.15) is 5.75 Å². The second-order valence-corrected chi connectivity index (χ2v) is 3.85. The van der Waals surface area contributed by atoms with Gasteiger partial charge in [-0.2, -0.15) is 0 Å². The first-order chi connectivity index (χ1) is 6.97. The molecule has 1 N–H and O–H groups in total. The molecule has 0 radical (unpaired) electrons. The molecular formula is C10H9BrO4. The lowest BCUT2D eigenvalue weighted by Gasteiger charge is -2.09. The number of Topliss-reactive ketones (excluding diaryl/α,β-unsaturated/α-hetero) is 1. The van der Waals surface area contributed by atoms with Crippen molar-refractivity contribution in [2.45, 2.75) is 6.92 Å². The number of hydrogen-bond donors (Lipinski definition) is 1. The second-order valence-electron chi connectivity index (χ2n) is 2.94. The van der Waals surface area contributed by atoms with Crippen molar-refractivity contribution in [3.8, 4) is 5.75 Å². The van der Waals surface area contributed by atoms with Crippen LogP contribution in [0.5, 0.6) is 5.75 Å². The number of carbonyl (C=O) groups is 2. The zero-order valence-corrected chi connectivity index (χ0v) is 9.79. The molecule has 0 bridgehead atoms. The van der Waals surface area contributed by atoms with E-state index in [0.29, 0.717) is 15.8 Å². The summed E-state index contributed by atoms with van der Waals surface area (Å²) in [4.78, 5) is 21.9. The van der Waals surface area contributed by atoms with Crippen molar-refractivity contribution in [3.63, 3.8) is 0 Å². The fourth-order valence-electron chi connectivity index (χ4n) is 1.28. The van der Waals surface area contributed by atoms with Crippen molar-refractivity contribution in [2.24, 2.45) is 0 Å². The molecular weight excluding hydrogens is 264 g/mol. The molecule has 0 aliphatic rings. The fourth-order valence-corrected chi connectivity index (χ4v) is 1.86. The minimum Gasteiger partial charge on any atom is -0.496 e. The van der Waals surface area contributed by atoms with Crippen LogP contribution in [0, 0.1) is 6.92 Å². The Morgan fingerprint density at radius 2 is 2.00 bits per heavy atom. The van der Waals surface area contributed by atoms with E-state index in [-0.39, 0.29) is 5.56 Å². The molecule has 1 rings (SSSR count). The van der Waals surface area contributed by atoms with Crippen LogP contribution >= 0.6 is 15.9 Å². The number of ketones is 1. The highest BCUT2D eigenvalue weighted by Gasteiger charge is 2.21. The van der Waals surface area contributed by atoms with E-state index in [0.717, 1.165) is 0 Å². The second kappa shape index (κ2) is 4.44. The molecule has 0 aromatic heterocycles. The van der Waals surface area contributed by atoms with Gasteiger partial charge in [0.15, 0.2) is 0 Å². The van der Waals surface area contributed by atoms with Crippen molar-refractivity contribution in [1.82, 2.24) is 0 Å². The molecule has 0 aliphatic carbocycles. The molecule has 0 unspecified atom stereocenters. The number of hydrogen-bond acceptors (Lipinski definition) is 3. The zero-order valence-electron chi connectivity index (χ0n) is 8.20. The Morgan fingerprint density at radius 3 is 2.47 bits per heavy atom. The van der Waals surface area contributed by atoms with Gasteiger partial charge in [0, 0.05) is 4.47 Å².